The molecule has 0 aliphatic rings. The van der Waals surface area contributed by atoms with Gasteiger partial charge >= 0.3 is 5.97 Å². The van der Waals surface area contributed by atoms with Crippen LogP contribution in [-0.2, 0) is 9.59 Å². The van der Waals surface area contributed by atoms with Gasteiger partial charge in [0, 0.05) is 12.3 Å². The Bertz CT molecular complexity index is 504. The maximum Gasteiger partial charge on any atom is 0.326 e. The molecule has 1 aromatic heterocycles. The Hall–Kier alpha value is -1.61. The highest BCUT2D eigenvalue weighted by molar-refractivity contribution is 7.98. The van der Waals surface area contributed by atoms with Crippen LogP contribution in [0.5, 0.6) is 0 Å². The molecule has 0 fully saturated rings. The van der Waals surface area contributed by atoms with E-state index in [1.807, 2.05) is 6.26 Å². The highest BCUT2D eigenvalue weighted by Crippen LogP contribution is 2.15. The van der Waals surface area contributed by atoms with E-state index < -0.39 is 17.9 Å². The minimum absolute atomic E-state index is 0.0918. The standard InChI is InChI=1S/C11H15N3O4S2/c1-6(15)12-11-14-8(5-20-11)9(16)13-7(10(17)18)3-4-19-2/h5,7H,3-4H2,1-2H3,(H,13,16)(H,17,18)(H,12,14,15). The molecule has 9 heteroatoms. The molecule has 0 saturated carbocycles. The van der Waals surface area contributed by atoms with Gasteiger partial charge in [-0.3, -0.25) is 9.59 Å². The molecule has 0 radical (unpaired) electrons. The smallest absolute Gasteiger partial charge is 0.326 e. The number of aromatic nitrogens is 1. The van der Waals surface area contributed by atoms with Crippen LogP contribution in [-0.4, -0.2) is 45.9 Å². The first-order chi connectivity index (χ1) is 9.43. The van der Waals surface area contributed by atoms with Gasteiger partial charge in [-0.25, -0.2) is 9.78 Å². The number of carbonyl (C=O) groups excluding carboxylic acids is 2. The molecule has 110 valence electrons. The third kappa shape index (κ3) is 5.17. The Morgan fingerprint density at radius 3 is 2.75 bits per heavy atom. The molecule has 2 amide bonds. The number of hydrogen-bond acceptors (Lipinski definition) is 6. The lowest BCUT2D eigenvalue weighted by Gasteiger charge is -2.12. The van der Waals surface area contributed by atoms with E-state index in [0.717, 1.165) is 11.3 Å². The van der Waals surface area contributed by atoms with Crippen LogP contribution in [0.3, 0.4) is 0 Å². The summed E-state index contributed by atoms with van der Waals surface area (Å²) in [6.07, 6.45) is 2.20. The Balaban J connectivity index is 2.66. The van der Waals surface area contributed by atoms with Gasteiger partial charge in [-0.05, 0) is 18.4 Å². The van der Waals surface area contributed by atoms with E-state index in [1.54, 1.807) is 0 Å². The summed E-state index contributed by atoms with van der Waals surface area (Å²) in [6.45, 7) is 1.34. The lowest BCUT2D eigenvalue weighted by Crippen LogP contribution is -2.41. The van der Waals surface area contributed by atoms with Crippen molar-refractivity contribution in [1.29, 1.82) is 0 Å². The molecular weight excluding hydrogens is 302 g/mol. The van der Waals surface area contributed by atoms with Crippen LogP contribution in [0.1, 0.15) is 23.8 Å². The summed E-state index contributed by atoms with van der Waals surface area (Å²) < 4.78 is 0. The van der Waals surface area contributed by atoms with Crippen LogP contribution in [0.4, 0.5) is 5.13 Å². The van der Waals surface area contributed by atoms with E-state index >= 15 is 0 Å². The summed E-state index contributed by atoms with van der Waals surface area (Å²) in [7, 11) is 0. The minimum atomic E-state index is -1.08. The van der Waals surface area contributed by atoms with E-state index in [0.29, 0.717) is 17.3 Å². The second-order valence-corrected chi connectivity index (χ2v) is 5.71. The number of amides is 2. The van der Waals surface area contributed by atoms with Gasteiger partial charge in [0.25, 0.3) is 5.91 Å². The number of carbonyl (C=O) groups is 3. The van der Waals surface area contributed by atoms with Crippen molar-refractivity contribution in [3.05, 3.63) is 11.1 Å². The lowest BCUT2D eigenvalue weighted by atomic mass is 10.2. The molecule has 1 atom stereocenters. The minimum Gasteiger partial charge on any atom is -0.480 e. The third-order valence-corrected chi connectivity index (χ3v) is 3.64. The molecule has 1 aromatic rings. The van der Waals surface area contributed by atoms with Crippen LogP contribution >= 0.6 is 23.1 Å². The number of carboxylic acid groups (broad SMARTS) is 1. The molecular formula is C11H15N3O4S2. The molecule has 20 heavy (non-hydrogen) atoms. The predicted octanol–water partition coefficient (Wildman–Crippen LogP) is 1.04. The number of nitrogens with zero attached hydrogens (tertiary/aromatic N) is 1. The number of anilines is 1. The summed E-state index contributed by atoms with van der Waals surface area (Å²) in [4.78, 5) is 37.7. The molecule has 0 spiro atoms. The number of rotatable bonds is 7. The number of nitrogens with one attached hydrogen (secondary N) is 2. The average Bonchev–Trinajstić information content (AvgIpc) is 2.81. The van der Waals surface area contributed by atoms with Crippen LogP contribution in [0.2, 0.25) is 0 Å². The van der Waals surface area contributed by atoms with Gasteiger partial charge in [0.2, 0.25) is 5.91 Å². The zero-order chi connectivity index (χ0) is 15.1. The first kappa shape index (κ1) is 16.4. The third-order valence-electron chi connectivity index (χ3n) is 2.23. The molecule has 1 rings (SSSR count). The zero-order valence-corrected chi connectivity index (χ0v) is 12.6. The number of thiazole rings is 1. The van der Waals surface area contributed by atoms with Crippen molar-refractivity contribution in [2.24, 2.45) is 0 Å². The fourth-order valence-electron chi connectivity index (χ4n) is 1.31. The van der Waals surface area contributed by atoms with E-state index in [-0.39, 0.29) is 11.6 Å². The predicted molar refractivity (Wildman–Crippen MR) is 78.3 cm³/mol. The molecule has 0 aliphatic heterocycles. The van der Waals surface area contributed by atoms with E-state index in [2.05, 4.69) is 15.6 Å². The van der Waals surface area contributed by atoms with Crippen LogP contribution < -0.4 is 10.6 Å². The van der Waals surface area contributed by atoms with Crippen molar-refractivity contribution >= 4 is 46.0 Å². The topological polar surface area (TPSA) is 108 Å². The van der Waals surface area contributed by atoms with Gasteiger partial charge in [0.05, 0.1) is 0 Å². The number of thioether (sulfide) groups is 1. The fourth-order valence-corrected chi connectivity index (χ4v) is 2.52. The SMILES string of the molecule is CSCCC(NC(=O)c1csc(NC(C)=O)n1)C(=O)O. The Labute approximate surface area is 124 Å². The lowest BCUT2D eigenvalue weighted by molar-refractivity contribution is -0.139. The molecule has 0 bridgehead atoms. The summed E-state index contributed by atoms with van der Waals surface area (Å²) in [6, 6.07) is -0.944. The molecule has 1 unspecified atom stereocenters. The van der Waals surface area contributed by atoms with Crippen LogP contribution in [0, 0.1) is 0 Å². The number of aliphatic carboxylic acids is 1. The number of hydrogen-bond donors (Lipinski definition) is 3. The molecule has 0 saturated heterocycles. The first-order valence-electron chi connectivity index (χ1n) is 5.69. The van der Waals surface area contributed by atoms with Crippen molar-refractivity contribution in [2.75, 3.05) is 17.3 Å². The van der Waals surface area contributed by atoms with Gasteiger partial charge in [-0.1, -0.05) is 0 Å². The maximum absolute atomic E-state index is 11.9. The highest BCUT2D eigenvalue weighted by Gasteiger charge is 2.21. The summed E-state index contributed by atoms with van der Waals surface area (Å²) in [5, 5.41) is 15.7. The van der Waals surface area contributed by atoms with Crippen molar-refractivity contribution in [2.45, 2.75) is 19.4 Å². The van der Waals surface area contributed by atoms with Gasteiger partial charge in [-0.2, -0.15) is 11.8 Å². The molecule has 0 aromatic carbocycles. The zero-order valence-electron chi connectivity index (χ0n) is 11.0. The van der Waals surface area contributed by atoms with E-state index in [9.17, 15) is 14.4 Å². The Morgan fingerprint density at radius 2 is 2.20 bits per heavy atom. The summed E-state index contributed by atoms with van der Waals surface area (Å²) in [5.74, 6) is -1.29. The van der Waals surface area contributed by atoms with Crippen LogP contribution in [0.25, 0.3) is 0 Å². The largest absolute Gasteiger partial charge is 0.480 e. The Morgan fingerprint density at radius 1 is 1.50 bits per heavy atom. The average molecular weight is 317 g/mol. The fraction of sp³-hybridized carbons (Fsp3) is 0.455. The normalized spacial score (nSPS) is 11.7. The summed E-state index contributed by atoms with van der Waals surface area (Å²) >= 11 is 2.61. The quantitative estimate of drug-likeness (QED) is 0.693. The highest BCUT2D eigenvalue weighted by atomic mass is 32.2. The van der Waals surface area contributed by atoms with Crippen molar-refractivity contribution in [3.63, 3.8) is 0 Å². The second-order valence-electron chi connectivity index (χ2n) is 3.86. The molecule has 0 aliphatic carbocycles. The number of carboxylic acids is 1. The van der Waals surface area contributed by atoms with Gasteiger partial charge in [-0.15, -0.1) is 11.3 Å². The monoisotopic (exact) mass is 317 g/mol. The van der Waals surface area contributed by atoms with E-state index in [1.165, 1.54) is 24.1 Å². The van der Waals surface area contributed by atoms with Crippen LogP contribution in [0.15, 0.2) is 5.38 Å². The maximum atomic E-state index is 11.9. The van der Waals surface area contributed by atoms with Gasteiger partial charge < -0.3 is 15.7 Å². The Kier molecular flexibility index (Phi) is 6.46. The second kappa shape index (κ2) is 7.85. The van der Waals surface area contributed by atoms with Crippen molar-refractivity contribution in [1.82, 2.24) is 10.3 Å². The molecule has 1 heterocycles. The molecule has 7 nitrogen and oxygen atoms in total. The van der Waals surface area contributed by atoms with Gasteiger partial charge in [0.15, 0.2) is 5.13 Å². The summed E-state index contributed by atoms with van der Waals surface area (Å²) in [5.41, 5.74) is 0.0918. The van der Waals surface area contributed by atoms with Gasteiger partial charge in [0.1, 0.15) is 11.7 Å². The van der Waals surface area contributed by atoms with Crippen molar-refractivity contribution < 1.29 is 19.5 Å². The molecule has 3 N–H and O–H groups in total. The van der Waals surface area contributed by atoms with Crippen molar-refractivity contribution in [3.8, 4) is 0 Å². The van der Waals surface area contributed by atoms with E-state index in [4.69, 9.17) is 5.11 Å². The first-order valence-corrected chi connectivity index (χ1v) is 7.97.